The Morgan fingerprint density at radius 3 is 2.65 bits per heavy atom. The van der Waals surface area contributed by atoms with E-state index in [1.807, 2.05) is 0 Å². The Morgan fingerprint density at radius 1 is 1.35 bits per heavy atom. The molecule has 0 atom stereocenters. The van der Waals surface area contributed by atoms with Crippen molar-refractivity contribution in [1.82, 2.24) is 5.32 Å². The topological polar surface area (TPSA) is 64.3 Å². The average molecular weight is 300 g/mol. The van der Waals surface area contributed by atoms with Crippen molar-refractivity contribution in [2.24, 2.45) is 5.73 Å². The SMILES string of the molecule is Cl.NCCNC(=O)COc1ccc(Cl)c(Cl)c1. The lowest BCUT2D eigenvalue weighted by Crippen LogP contribution is -2.32. The molecule has 0 aliphatic heterocycles. The maximum Gasteiger partial charge on any atom is 0.257 e. The van der Waals surface area contributed by atoms with Gasteiger partial charge >= 0.3 is 0 Å². The predicted molar refractivity (Wildman–Crippen MR) is 71.3 cm³/mol. The lowest BCUT2D eigenvalue weighted by Gasteiger charge is -2.07. The Labute approximate surface area is 116 Å². The number of ether oxygens (including phenoxy) is 1. The molecule has 0 saturated carbocycles. The summed E-state index contributed by atoms with van der Waals surface area (Å²) in [5.41, 5.74) is 5.23. The summed E-state index contributed by atoms with van der Waals surface area (Å²) in [4.78, 5) is 11.2. The molecule has 3 N–H and O–H groups in total. The van der Waals surface area contributed by atoms with Gasteiger partial charge in [0.1, 0.15) is 5.75 Å². The van der Waals surface area contributed by atoms with Gasteiger partial charge in [-0.3, -0.25) is 4.79 Å². The van der Waals surface area contributed by atoms with E-state index in [2.05, 4.69) is 5.32 Å². The van der Waals surface area contributed by atoms with E-state index in [-0.39, 0.29) is 24.9 Å². The highest BCUT2D eigenvalue weighted by Crippen LogP contribution is 2.26. The molecular formula is C10H13Cl3N2O2. The fraction of sp³-hybridized carbons (Fsp3) is 0.300. The summed E-state index contributed by atoms with van der Waals surface area (Å²) in [6, 6.07) is 4.81. The number of halogens is 3. The lowest BCUT2D eigenvalue weighted by molar-refractivity contribution is -0.123. The van der Waals surface area contributed by atoms with Gasteiger partial charge in [-0.25, -0.2) is 0 Å². The summed E-state index contributed by atoms with van der Waals surface area (Å²) in [6.45, 7) is 0.764. The molecule has 1 rings (SSSR count). The van der Waals surface area contributed by atoms with Crippen molar-refractivity contribution >= 4 is 41.5 Å². The Kier molecular flexibility index (Phi) is 8.08. The number of benzene rings is 1. The second-order valence-corrected chi connectivity index (χ2v) is 3.82. The second-order valence-electron chi connectivity index (χ2n) is 3.00. The van der Waals surface area contributed by atoms with Gasteiger partial charge in [-0.2, -0.15) is 0 Å². The van der Waals surface area contributed by atoms with Crippen LogP contribution in [0.2, 0.25) is 10.0 Å². The fourth-order valence-corrected chi connectivity index (χ4v) is 1.27. The molecule has 17 heavy (non-hydrogen) atoms. The highest BCUT2D eigenvalue weighted by molar-refractivity contribution is 6.42. The third-order valence-corrected chi connectivity index (χ3v) is 2.47. The van der Waals surface area contributed by atoms with E-state index < -0.39 is 0 Å². The minimum absolute atomic E-state index is 0. The van der Waals surface area contributed by atoms with Gasteiger partial charge in [0.05, 0.1) is 10.0 Å². The van der Waals surface area contributed by atoms with Gasteiger partial charge in [0.15, 0.2) is 6.61 Å². The summed E-state index contributed by atoms with van der Waals surface area (Å²) >= 11 is 11.5. The summed E-state index contributed by atoms with van der Waals surface area (Å²) in [5, 5.41) is 3.42. The number of hydrogen-bond acceptors (Lipinski definition) is 3. The largest absolute Gasteiger partial charge is 0.484 e. The second kappa shape index (κ2) is 8.42. The summed E-state index contributed by atoms with van der Waals surface area (Å²) < 4.78 is 5.20. The van der Waals surface area contributed by atoms with E-state index in [4.69, 9.17) is 33.7 Å². The Hall–Kier alpha value is -0.680. The number of nitrogens with two attached hydrogens (primary N) is 1. The molecule has 0 spiro atoms. The third-order valence-electron chi connectivity index (χ3n) is 1.73. The molecule has 4 nitrogen and oxygen atoms in total. The molecule has 0 aliphatic rings. The maximum absolute atomic E-state index is 11.2. The molecule has 0 fully saturated rings. The minimum Gasteiger partial charge on any atom is -0.484 e. The average Bonchev–Trinajstić information content (AvgIpc) is 2.28. The van der Waals surface area contributed by atoms with Crippen molar-refractivity contribution in [2.75, 3.05) is 19.7 Å². The van der Waals surface area contributed by atoms with Gasteiger partial charge in [0, 0.05) is 19.2 Å². The number of amides is 1. The van der Waals surface area contributed by atoms with Crippen LogP contribution in [0.1, 0.15) is 0 Å². The smallest absolute Gasteiger partial charge is 0.257 e. The van der Waals surface area contributed by atoms with Gasteiger partial charge in [0.25, 0.3) is 5.91 Å². The van der Waals surface area contributed by atoms with Crippen molar-refractivity contribution in [3.63, 3.8) is 0 Å². The number of carbonyl (C=O) groups is 1. The molecule has 0 radical (unpaired) electrons. The first-order valence-corrected chi connectivity index (χ1v) is 5.43. The molecule has 1 amide bonds. The Bertz CT molecular complexity index is 375. The first-order valence-electron chi connectivity index (χ1n) is 4.68. The Balaban J connectivity index is 0.00000256. The predicted octanol–water partition coefficient (Wildman–Crippen LogP) is 1.87. The molecule has 1 aromatic rings. The zero-order valence-electron chi connectivity index (χ0n) is 8.91. The third kappa shape index (κ3) is 5.98. The van der Waals surface area contributed by atoms with E-state index in [0.29, 0.717) is 28.9 Å². The quantitative estimate of drug-likeness (QED) is 0.872. The van der Waals surface area contributed by atoms with Crippen molar-refractivity contribution in [3.05, 3.63) is 28.2 Å². The molecule has 0 saturated heterocycles. The normalized spacial score (nSPS) is 9.35. The molecule has 0 bridgehead atoms. The number of carbonyl (C=O) groups excluding carboxylic acids is 1. The zero-order valence-corrected chi connectivity index (χ0v) is 11.2. The first-order chi connectivity index (χ1) is 7.63. The highest BCUT2D eigenvalue weighted by Gasteiger charge is 2.03. The van der Waals surface area contributed by atoms with Crippen LogP contribution in [-0.2, 0) is 4.79 Å². The minimum atomic E-state index is -0.225. The monoisotopic (exact) mass is 298 g/mol. The van der Waals surface area contributed by atoms with Gasteiger partial charge in [-0.05, 0) is 12.1 Å². The van der Waals surface area contributed by atoms with E-state index in [0.717, 1.165) is 0 Å². The van der Waals surface area contributed by atoms with Crippen LogP contribution in [0.3, 0.4) is 0 Å². The van der Waals surface area contributed by atoms with E-state index in [1.165, 1.54) is 0 Å². The van der Waals surface area contributed by atoms with Crippen LogP contribution in [0.5, 0.6) is 5.75 Å². The van der Waals surface area contributed by atoms with Crippen LogP contribution in [0, 0.1) is 0 Å². The summed E-state index contributed by atoms with van der Waals surface area (Å²) in [7, 11) is 0. The van der Waals surface area contributed by atoms with Gasteiger partial charge in [-0.15, -0.1) is 12.4 Å². The molecule has 7 heteroatoms. The van der Waals surface area contributed by atoms with Crippen LogP contribution in [0.4, 0.5) is 0 Å². The standard InChI is InChI=1S/C10H12Cl2N2O2.ClH/c11-8-2-1-7(5-9(8)12)16-6-10(15)14-4-3-13;/h1-2,5H,3-4,6,13H2,(H,14,15);1H. The number of rotatable bonds is 5. The maximum atomic E-state index is 11.2. The molecule has 0 unspecified atom stereocenters. The molecular weight excluding hydrogens is 286 g/mol. The molecule has 0 aliphatic carbocycles. The molecule has 1 aromatic carbocycles. The molecule has 96 valence electrons. The summed E-state index contributed by atoms with van der Waals surface area (Å²) in [6.07, 6.45) is 0. The van der Waals surface area contributed by atoms with Crippen molar-refractivity contribution in [3.8, 4) is 5.75 Å². The van der Waals surface area contributed by atoms with Crippen LogP contribution in [0.15, 0.2) is 18.2 Å². The molecule has 0 aromatic heterocycles. The van der Waals surface area contributed by atoms with Crippen molar-refractivity contribution in [1.29, 1.82) is 0 Å². The van der Waals surface area contributed by atoms with Crippen LogP contribution >= 0.6 is 35.6 Å². The van der Waals surface area contributed by atoms with Gasteiger partial charge in [-0.1, -0.05) is 23.2 Å². The zero-order chi connectivity index (χ0) is 12.0. The van der Waals surface area contributed by atoms with Gasteiger partial charge in [0.2, 0.25) is 0 Å². The van der Waals surface area contributed by atoms with E-state index in [9.17, 15) is 4.79 Å². The van der Waals surface area contributed by atoms with E-state index in [1.54, 1.807) is 18.2 Å². The number of nitrogens with one attached hydrogen (secondary N) is 1. The van der Waals surface area contributed by atoms with Gasteiger partial charge < -0.3 is 15.8 Å². The van der Waals surface area contributed by atoms with Crippen LogP contribution < -0.4 is 15.8 Å². The highest BCUT2D eigenvalue weighted by atomic mass is 35.5. The van der Waals surface area contributed by atoms with Crippen molar-refractivity contribution in [2.45, 2.75) is 0 Å². The Morgan fingerprint density at radius 2 is 2.06 bits per heavy atom. The van der Waals surface area contributed by atoms with Crippen LogP contribution in [0.25, 0.3) is 0 Å². The van der Waals surface area contributed by atoms with E-state index >= 15 is 0 Å². The van der Waals surface area contributed by atoms with Crippen LogP contribution in [-0.4, -0.2) is 25.6 Å². The van der Waals surface area contributed by atoms with Crippen molar-refractivity contribution < 1.29 is 9.53 Å². The number of hydrogen-bond donors (Lipinski definition) is 2. The molecule has 0 heterocycles. The summed E-state index contributed by atoms with van der Waals surface area (Å²) in [5.74, 6) is 0.272. The lowest BCUT2D eigenvalue weighted by atomic mass is 10.3. The first kappa shape index (κ1) is 16.3. The fourth-order valence-electron chi connectivity index (χ4n) is 0.978.